The van der Waals surface area contributed by atoms with E-state index in [0.717, 1.165) is 13.0 Å². The van der Waals surface area contributed by atoms with E-state index in [9.17, 15) is 0 Å². The zero-order valence-electron chi connectivity index (χ0n) is 12.9. The molecule has 0 aromatic heterocycles. The third-order valence-electron chi connectivity index (χ3n) is 4.54. The Hall–Kier alpha value is -0.860. The molecular weight excluding hydrogens is 234 g/mol. The highest BCUT2D eigenvalue weighted by Gasteiger charge is 2.48. The van der Waals surface area contributed by atoms with Crippen LogP contribution >= 0.6 is 0 Å². The van der Waals surface area contributed by atoms with Crippen LogP contribution in [0.1, 0.15) is 51.3 Å². The fourth-order valence-electron chi connectivity index (χ4n) is 2.99. The minimum absolute atomic E-state index is 0.230. The second-order valence-electron chi connectivity index (χ2n) is 6.36. The smallest absolute Gasteiger partial charge is 0.0655 e. The molecule has 2 rings (SSSR count). The molecule has 1 saturated carbocycles. The van der Waals surface area contributed by atoms with Crippen molar-refractivity contribution >= 4 is 0 Å². The minimum Gasteiger partial charge on any atom is -0.378 e. The highest BCUT2D eigenvalue weighted by atomic mass is 16.5. The molecule has 1 N–H and O–H groups in total. The largest absolute Gasteiger partial charge is 0.378 e. The number of ether oxygens (including phenoxy) is 1. The molecule has 0 spiro atoms. The highest BCUT2D eigenvalue weighted by Crippen LogP contribution is 2.43. The molecular formula is C17H27NO. The third kappa shape index (κ3) is 3.01. The average Bonchev–Trinajstić information content (AvgIpc) is 2.37. The molecule has 19 heavy (non-hydrogen) atoms. The van der Waals surface area contributed by atoms with E-state index >= 15 is 0 Å². The number of aryl methyl sites for hydroxylation is 1. The van der Waals surface area contributed by atoms with Gasteiger partial charge in [-0.05, 0) is 32.8 Å². The molecule has 1 aliphatic rings. The van der Waals surface area contributed by atoms with Crippen LogP contribution in [-0.2, 0) is 4.74 Å². The van der Waals surface area contributed by atoms with Gasteiger partial charge < -0.3 is 10.1 Å². The van der Waals surface area contributed by atoms with Crippen LogP contribution in [0.5, 0.6) is 0 Å². The van der Waals surface area contributed by atoms with Gasteiger partial charge in [0.25, 0.3) is 0 Å². The fourth-order valence-corrected chi connectivity index (χ4v) is 2.99. The molecule has 2 heteroatoms. The lowest BCUT2D eigenvalue weighted by Gasteiger charge is -2.52. The standard InChI is InChI=1S/C17H27NO/c1-6-19-16-11-15(17(16,4)5)18-13(3)14-9-7-8-12(2)10-14/h7-10,13,15-16,18H,6,11H2,1-5H3/t13-,15?,16?/m1/s1. The van der Waals surface area contributed by atoms with Gasteiger partial charge in [0.2, 0.25) is 0 Å². The van der Waals surface area contributed by atoms with E-state index in [4.69, 9.17) is 4.74 Å². The summed E-state index contributed by atoms with van der Waals surface area (Å²) in [6.45, 7) is 11.9. The Labute approximate surface area is 117 Å². The van der Waals surface area contributed by atoms with Crippen LogP contribution in [-0.4, -0.2) is 18.8 Å². The van der Waals surface area contributed by atoms with Crippen molar-refractivity contribution in [2.75, 3.05) is 6.61 Å². The summed E-state index contributed by atoms with van der Waals surface area (Å²) in [6.07, 6.45) is 1.52. The quantitative estimate of drug-likeness (QED) is 0.869. The average molecular weight is 261 g/mol. The molecule has 1 aromatic rings. The maximum absolute atomic E-state index is 5.79. The molecule has 0 saturated heterocycles. The second-order valence-corrected chi connectivity index (χ2v) is 6.36. The Balaban J connectivity index is 1.96. The first-order valence-electron chi connectivity index (χ1n) is 7.39. The summed E-state index contributed by atoms with van der Waals surface area (Å²) in [5.41, 5.74) is 2.93. The topological polar surface area (TPSA) is 21.3 Å². The van der Waals surface area contributed by atoms with Gasteiger partial charge >= 0.3 is 0 Å². The van der Waals surface area contributed by atoms with E-state index in [2.05, 4.69) is 64.2 Å². The lowest BCUT2D eigenvalue weighted by Crippen LogP contribution is -2.61. The van der Waals surface area contributed by atoms with Gasteiger partial charge in [-0.2, -0.15) is 0 Å². The SMILES string of the molecule is CCOC1CC(N[C@H](C)c2cccc(C)c2)C1(C)C. The molecule has 0 bridgehead atoms. The van der Waals surface area contributed by atoms with E-state index in [1.54, 1.807) is 0 Å². The lowest BCUT2D eigenvalue weighted by molar-refractivity contribution is -0.116. The van der Waals surface area contributed by atoms with Crippen LogP contribution in [0.2, 0.25) is 0 Å². The van der Waals surface area contributed by atoms with Gasteiger partial charge in [0.15, 0.2) is 0 Å². The predicted molar refractivity (Wildman–Crippen MR) is 80.3 cm³/mol. The monoisotopic (exact) mass is 261 g/mol. The molecule has 0 aliphatic heterocycles. The second kappa shape index (κ2) is 5.64. The van der Waals surface area contributed by atoms with Crippen LogP contribution in [0.25, 0.3) is 0 Å². The first kappa shape index (κ1) is 14.5. The fraction of sp³-hybridized carbons (Fsp3) is 0.647. The van der Waals surface area contributed by atoms with Crippen molar-refractivity contribution < 1.29 is 4.74 Å². The van der Waals surface area contributed by atoms with Crippen LogP contribution in [0.3, 0.4) is 0 Å². The van der Waals surface area contributed by atoms with Crippen LogP contribution in [0.15, 0.2) is 24.3 Å². The van der Waals surface area contributed by atoms with Crippen LogP contribution < -0.4 is 5.32 Å². The minimum atomic E-state index is 0.230. The van der Waals surface area contributed by atoms with Crippen molar-refractivity contribution in [1.29, 1.82) is 0 Å². The van der Waals surface area contributed by atoms with Gasteiger partial charge in [0, 0.05) is 24.1 Å². The van der Waals surface area contributed by atoms with Gasteiger partial charge in [-0.1, -0.05) is 43.7 Å². The molecule has 3 atom stereocenters. The van der Waals surface area contributed by atoms with Crippen molar-refractivity contribution in [2.45, 2.75) is 59.2 Å². The van der Waals surface area contributed by atoms with Crippen molar-refractivity contribution in [3.8, 4) is 0 Å². The molecule has 0 heterocycles. The molecule has 106 valence electrons. The van der Waals surface area contributed by atoms with Gasteiger partial charge in [-0.15, -0.1) is 0 Å². The zero-order chi connectivity index (χ0) is 14.0. The molecule has 1 aromatic carbocycles. The third-order valence-corrected chi connectivity index (χ3v) is 4.54. The molecule has 2 unspecified atom stereocenters. The highest BCUT2D eigenvalue weighted by molar-refractivity contribution is 5.25. The maximum atomic E-state index is 5.79. The molecule has 1 fully saturated rings. The van der Waals surface area contributed by atoms with Gasteiger partial charge in [-0.25, -0.2) is 0 Å². The number of nitrogens with one attached hydrogen (secondary N) is 1. The maximum Gasteiger partial charge on any atom is 0.0655 e. The number of hydrogen-bond donors (Lipinski definition) is 1. The molecule has 0 radical (unpaired) electrons. The van der Waals surface area contributed by atoms with Crippen molar-refractivity contribution in [1.82, 2.24) is 5.32 Å². The Morgan fingerprint density at radius 2 is 2.16 bits per heavy atom. The predicted octanol–water partition coefficient (Wildman–Crippen LogP) is 3.85. The summed E-state index contributed by atoms with van der Waals surface area (Å²) in [7, 11) is 0. The van der Waals surface area contributed by atoms with Crippen LogP contribution in [0.4, 0.5) is 0 Å². The Bertz CT molecular complexity index is 427. The summed E-state index contributed by atoms with van der Waals surface area (Å²) in [5.74, 6) is 0. The molecule has 2 nitrogen and oxygen atoms in total. The number of rotatable bonds is 5. The Morgan fingerprint density at radius 3 is 2.74 bits per heavy atom. The zero-order valence-corrected chi connectivity index (χ0v) is 12.9. The number of hydrogen-bond acceptors (Lipinski definition) is 2. The first-order chi connectivity index (χ1) is 8.95. The van der Waals surface area contributed by atoms with Gasteiger partial charge in [0.05, 0.1) is 6.10 Å². The molecule has 0 amide bonds. The Morgan fingerprint density at radius 1 is 1.42 bits per heavy atom. The lowest BCUT2D eigenvalue weighted by atomic mass is 9.64. The number of benzene rings is 1. The molecule has 1 aliphatic carbocycles. The van der Waals surface area contributed by atoms with Gasteiger partial charge in [-0.3, -0.25) is 0 Å². The van der Waals surface area contributed by atoms with Gasteiger partial charge in [0.1, 0.15) is 0 Å². The summed E-state index contributed by atoms with van der Waals surface area (Å²) >= 11 is 0. The van der Waals surface area contributed by atoms with E-state index < -0.39 is 0 Å². The Kier molecular flexibility index (Phi) is 4.32. The van der Waals surface area contributed by atoms with E-state index in [-0.39, 0.29) is 5.41 Å². The summed E-state index contributed by atoms with van der Waals surface area (Å²) in [6, 6.07) is 9.69. The first-order valence-corrected chi connectivity index (χ1v) is 7.39. The summed E-state index contributed by atoms with van der Waals surface area (Å²) < 4.78 is 5.79. The van der Waals surface area contributed by atoms with E-state index in [1.807, 2.05) is 0 Å². The van der Waals surface area contributed by atoms with E-state index in [0.29, 0.717) is 18.2 Å². The normalized spacial score (nSPS) is 26.8. The summed E-state index contributed by atoms with van der Waals surface area (Å²) in [5, 5.41) is 3.76. The van der Waals surface area contributed by atoms with E-state index in [1.165, 1.54) is 11.1 Å². The van der Waals surface area contributed by atoms with Crippen molar-refractivity contribution in [3.05, 3.63) is 35.4 Å². The van der Waals surface area contributed by atoms with Crippen molar-refractivity contribution in [2.24, 2.45) is 5.41 Å². The van der Waals surface area contributed by atoms with Crippen molar-refractivity contribution in [3.63, 3.8) is 0 Å². The summed E-state index contributed by atoms with van der Waals surface area (Å²) in [4.78, 5) is 0. The van der Waals surface area contributed by atoms with Crippen LogP contribution in [0, 0.1) is 12.3 Å².